The Morgan fingerprint density at radius 3 is 2.47 bits per heavy atom. The lowest BCUT2D eigenvalue weighted by Crippen LogP contribution is -2.50. The van der Waals surface area contributed by atoms with E-state index in [1.807, 2.05) is 11.8 Å². The molecule has 0 unspecified atom stereocenters. The van der Waals surface area contributed by atoms with Gasteiger partial charge in [0.05, 0.1) is 16.4 Å². The highest BCUT2D eigenvalue weighted by Gasteiger charge is 2.30. The molecule has 1 aliphatic rings. The molecule has 1 aliphatic heterocycles. The summed E-state index contributed by atoms with van der Waals surface area (Å²) in [6.07, 6.45) is 0. The highest BCUT2D eigenvalue weighted by Crippen LogP contribution is 2.28. The molecule has 1 saturated heterocycles. The van der Waals surface area contributed by atoms with Gasteiger partial charge in [0.25, 0.3) is 10.0 Å². The third kappa shape index (κ3) is 3.09. The van der Waals surface area contributed by atoms with E-state index in [1.165, 1.54) is 10.4 Å². The van der Waals surface area contributed by atoms with Crippen LogP contribution < -0.4 is 0 Å². The summed E-state index contributed by atoms with van der Waals surface area (Å²) in [5.74, 6) is 0. The zero-order chi connectivity index (χ0) is 14.0. The molecule has 5 nitrogen and oxygen atoms in total. The summed E-state index contributed by atoms with van der Waals surface area (Å²) in [6.45, 7) is 3.79. The van der Waals surface area contributed by atoms with Crippen molar-refractivity contribution in [2.24, 2.45) is 0 Å². The predicted molar refractivity (Wildman–Crippen MR) is 74.7 cm³/mol. The Hall–Kier alpha value is -0.650. The standard InChI is InChI=1S/C11H14ClN3O2S2/c1-9(8-13)14-4-6-15(7-5-14)19(16,17)11-3-2-10(12)18-11/h2-3,9H,4-7H2,1H3/t9-/m1/s1. The van der Waals surface area contributed by atoms with Crippen LogP contribution in [-0.2, 0) is 10.0 Å². The molecule has 0 bridgehead atoms. The fourth-order valence-corrected chi connectivity index (χ4v) is 5.04. The number of nitriles is 1. The third-order valence-corrected chi connectivity index (χ3v) is 6.75. The van der Waals surface area contributed by atoms with E-state index in [9.17, 15) is 8.42 Å². The van der Waals surface area contributed by atoms with Gasteiger partial charge in [-0.05, 0) is 19.1 Å². The van der Waals surface area contributed by atoms with Crippen LogP contribution in [0.25, 0.3) is 0 Å². The summed E-state index contributed by atoms with van der Waals surface area (Å²) < 4.78 is 26.9. The molecule has 104 valence electrons. The molecule has 0 saturated carbocycles. The lowest BCUT2D eigenvalue weighted by atomic mass is 10.2. The van der Waals surface area contributed by atoms with E-state index in [4.69, 9.17) is 16.9 Å². The number of rotatable bonds is 3. The van der Waals surface area contributed by atoms with Crippen molar-refractivity contribution in [3.05, 3.63) is 16.5 Å². The Bertz CT molecular complexity index is 585. The normalized spacial score (nSPS) is 20.1. The van der Waals surface area contributed by atoms with Gasteiger partial charge in [0.1, 0.15) is 4.21 Å². The van der Waals surface area contributed by atoms with Crippen molar-refractivity contribution in [2.75, 3.05) is 26.2 Å². The van der Waals surface area contributed by atoms with Crippen molar-refractivity contribution in [1.82, 2.24) is 9.21 Å². The molecule has 0 aliphatic carbocycles. The minimum Gasteiger partial charge on any atom is -0.286 e. The number of thiophene rings is 1. The monoisotopic (exact) mass is 319 g/mol. The van der Waals surface area contributed by atoms with E-state index in [2.05, 4.69) is 6.07 Å². The lowest BCUT2D eigenvalue weighted by molar-refractivity contribution is 0.170. The number of sulfonamides is 1. The van der Waals surface area contributed by atoms with Crippen LogP contribution in [0.1, 0.15) is 6.92 Å². The second-order valence-electron chi connectivity index (χ2n) is 4.30. The molecule has 8 heteroatoms. The van der Waals surface area contributed by atoms with Crippen LogP contribution in [0, 0.1) is 11.3 Å². The number of halogens is 1. The third-order valence-electron chi connectivity index (χ3n) is 3.15. The van der Waals surface area contributed by atoms with E-state index in [0.717, 1.165) is 11.3 Å². The Labute approximate surface area is 122 Å². The van der Waals surface area contributed by atoms with Gasteiger partial charge in [-0.25, -0.2) is 8.42 Å². The summed E-state index contributed by atoms with van der Waals surface area (Å²) in [6, 6.07) is 5.11. The zero-order valence-corrected chi connectivity index (χ0v) is 12.8. The molecule has 1 atom stereocenters. The van der Waals surface area contributed by atoms with Crippen LogP contribution in [0.3, 0.4) is 0 Å². The van der Waals surface area contributed by atoms with Crippen molar-refractivity contribution < 1.29 is 8.42 Å². The average molecular weight is 320 g/mol. The van der Waals surface area contributed by atoms with Crippen LogP contribution in [0.4, 0.5) is 0 Å². The highest BCUT2D eigenvalue weighted by molar-refractivity contribution is 7.91. The van der Waals surface area contributed by atoms with E-state index >= 15 is 0 Å². The molecule has 0 radical (unpaired) electrons. The van der Waals surface area contributed by atoms with Crippen LogP contribution in [0.2, 0.25) is 4.34 Å². The molecule has 2 heterocycles. The number of hydrogen-bond donors (Lipinski definition) is 0. The Morgan fingerprint density at radius 1 is 1.37 bits per heavy atom. The Kier molecular flexibility index (Phi) is 4.48. The Balaban J connectivity index is 2.08. The van der Waals surface area contributed by atoms with Gasteiger partial charge in [-0.2, -0.15) is 9.57 Å². The second kappa shape index (κ2) is 5.77. The van der Waals surface area contributed by atoms with Gasteiger partial charge in [0, 0.05) is 26.2 Å². The first-order valence-electron chi connectivity index (χ1n) is 5.84. The molecule has 0 N–H and O–H groups in total. The molecule has 0 amide bonds. The van der Waals surface area contributed by atoms with Gasteiger partial charge in [-0.15, -0.1) is 11.3 Å². The van der Waals surface area contributed by atoms with E-state index < -0.39 is 10.0 Å². The molecule has 19 heavy (non-hydrogen) atoms. The summed E-state index contributed by atoms with van der Waals surface area (Å²) in [5.41, 5.74) is 0. The molecule has 1 aromatic heterocycles. The summed E-state index contributed by atoms with van der Waals surface area (Å²) in [4.78, 5) is 1.98. The van der Waals surface area contributed by atoms with Crippen LogP contribution in [0.5, 0.6) is 0 Å². The van der Waals surface area contributed by atoms with Crippen molar-refractivity contribution >= 4 is 33.0 Å². The largest absolute Gasteiger partial charge is 0.286 e. The predicted octanol–water partition coefficient (Wildman–Crippen LogP) is 1.62. The number of piperazine rings is 1. The van der Waals surface area contributed by atoms with Crippen LogP contribution >= 0.6 is 22.9 Å². The van der Waals surface area contributed by atoms with E-state index in [1.54, 1.807) is 6.07 Å². The lowest BCUT2D eigenvalue weighted by Gasteiger charge is -2.34. The fourth-order valence-electron chi connectivity index (χ4n) is 1.98. The summed E-state index contributed by atoms with van der Waals surface area (Å²) in [5, 5.41) is 8.86. The maximum atomic E-state index is 12.3. The summed E-state index contributed by atoms with van der Waals surface area (Å²) in [7, 11) is -3.44. The zero-order valence-electron chi connectivity index (χ0n) is 10.4. The average Bonchev–Trinajstić information content (AvgIpc) is 2.85. The van der Waals surface area contributed by atoms with E-state index in [0.29, 0.717) is 30.5 Å². The Morgan fingerprint density at radius 2 is 2.00 bits per heavy atom. The molecule has 1 fully saturated rings. The van der Waals surface area contributed by atoms with Crippen molar-refractivity contribution in [3.8, 4) is 6.07 Å². The van der Waals surface area contributed by atoms with Crippen molar-refractivity contribution in [3.63, 3.8) is 0 Å². The van der Waals surface area contributed by atoms with Crippen molar-refractivity contribution in [2.45, 2.75) is 17.2 Å². The molecule has 0 aromatic carbocycles. The summed E-state index contributed by atoms with van der Waals surface area (Å²) >= 11 is 6.85. The first-order chi connectivity index (χ1) is 8.95. The second-order valence-corrected chi connectivity index (χ2v) is 8.18. The topological polar surface area (TPSA) is 64.4 Å². The minimum atomic E-state index is -3.44. The number of nitrogens with zero attached hydrogens (tertiary/aromatic N) is 3. The molecular weight excluding hydrogens is 306 g/mol. The van der Waals surface area contributed by atoms with Gasteiger partial charge in [-0.1, -0.05) is 11.6 Å². The van der Waals surface area contributed by atoms with E-state index in [-0.39, 0.29) is 10.3 Å². The van der Waals surface area contributed by atoms with Gasteiger partial charge < -0.3 is 0 Å². The van der Waals surface area contributed by atoms with Gasteiger partial charge in [-0.3, -0.25) is 4.90 Å². The number of hydrogen-bond acceptors (Lipinski definition) is 5. The van der Waals surface area contributed by atoms with Gasteiger partial charge in [0.15, 0.2) is 0 Å². The molecule has 2 rings (SSSR count). The van der Waals surface area contributed by atoms with Gasteiger partial charge >= 0.3 is 0 Å². The quantitative estimate of drug-likeness (QED) is 0.849. The molecular formula is C11H14ClN3O2S2. The minimum absolute atomic E-state index is 0.180. The SMILES string of the molecule is C[C@H](C#N)N1CCN(S(=O)(=O)c2ccc(Cl)s2)CC1. The first kappa shape index (κ1) is 14.8. The molecule has 0 spiro atoms. The van der Waals surface area contributed by atoms with Crippen LogP contribution in [0.15, 0.2) is 16.3 Å². The van der Waals surface area contributed by atoms with Gasteiger partial charge in [0.2, 0.25) is 0 Å². The first-order valence-corrected chi connectivity index (χ1v) is 8.48. The maximum Gasteiger partial charge on any atom is 0.252 e. The smallest absolute Gasteiger partial charge is 0.252 e. The van der Waals surface area contributed by atoms with Crippen LogP contribution in [-0.4, -0.2) is 49.8 Å². The molecule has 1 aromatic rings. The van der Waals surface area contributed by atoms with Crippen molar-refractivity contribution in [1.29, 1.82) is 5.26 Å². The maximum absolute atomic E-state index is 12.3. The highest BCUT2D eigenvalue weighted by atomic mass is 35.5. The fraction of sp³-hybridized carbons (Fsp3) is 0.545.